The first kappa shape index (κ1) is 26.5. The van der Waals surface area contributed by atoms with E-state index in [0.717, 1.165) is 13.1 Å². The minimum atomic E-state index is -0.785. The van der Waals surface area contributed by atoms with Crippen molar-refractivity contribution in [2.24, 2.45) is 0 Å². The molecule has 1 unspecified atom stereocenters. The van der Waals surface area contributed by atoms with Crippen LogP contribution in [-0.2, 0) is 14.3 Å². The van der Waals surface area contributed by atoms with Gasteiger partial charge in [0, 0.05) is 31.7 Å². The molecule has 2 saturated heterocycles. The predicted octanol–water partition coefficient (Wildman–Crippen LogP) is 3.24. The third-order valence-corrected chi connectivity index (χ3v) is 6.52. The van der Waals surface area contributed by atoms with Gasteiger partial charge >= 0.3 is 0 Å². The van der Waals surface area contributed by atoms with Gasteiger partial charge in [-0.05, 0) is 55.8 Å². The second-order valence-corrected chi connectivity index (χ2v) is 9.25. The molecule has 1 N–H and O–H groups in total. The summed E-state index contributed by atoms with van der Waals surface area (Å²) in [5, 5.41) is 11.3. The van der Waals surface area contributed by atoms with Crippen LogP contribution in [0, 0.1) is 0 Å². The molecule has 198 valence electrons. The Bertz CT molecular complexity index is 1150. The van der Waals surface area contributed by atoms with E-state index in [4.69, 9.17) is 18.9 Å². The second-order valence-electron chi connectivity index (χ2n) is 9.25. The summed E-state index contributed by atoms with van der Waals surface area (Å²) >= 11 is 0. The number of nitrogens with zero attached hydrogens (tertiary/aromatic N) is 2. The minimum absolute atomic E-state index is 0.00119. The lowest BCUT2D eigenvalue weighted by atomic mass is 9.95. The monoisotopic (exact) mass is 510 g/mol. The third-order valence-electron chi connectivity index (χ3n) is 6.52. The lowest BCUT2D eigenvalue weighted by molar-refractivity contribution is -0.140. The second kappa shape index (κ2) is 11.7. The van der Waals surface area contributed by atoms with Crippen LogP contribution < -0.4 is 14.2 Å². The van der Waals surface area contributed by atoms with Gasteiger partial charge in [0.1, 0.15) is 11.5 Å². The number of Topliss-reactive ketones (excluding diaryl/α,β-unsaturated/α-hetero) is 1. The smallest absolute Gasteiger partial charge is 0.295 e. The zero-order valence-electron chi connectivity index (χ0n) is 21.7. The zero-order valence-corrected chi connectivity index (χ0v) is 21.7. The van der Waals surface area contributed by atoms with Gasteiger partial charge in [-0.1, -0.05) is 6.07 Å². The van der Waals surface area contributed by atoms with Crippen molar-refractivity contribution in [3.05, 3.63) is 59.2 Å². The van der Waals surface area contributed by atoms with Gasteiger partial charge in [0.05, 0.1) is 45.2 Å². The Kier molecular flexibility index (Phi) is 8.35. The molecule has 0 bridgehead atoms. The van der Waals surface area contributed by atoms with E-state index in [1.165, 1.54) is 12.0 Å². The van der Waals surface area contributed by atoms with Crippen LogP contribution in [0.3, 0.4) is 0 Å². The average molecular weight is 511 g/mol. The average Bonchev–Trinajstić information content (AvgIpc) is 3.16. The number of benzene rings is 2. The molecule has 0 spiro atoms. The first-order valence-electron chi connectivity index (χ1n) is 12.4. The molecule has 0 radical (unpaired) electrons. The van der Waals surface area contributed by atoms with Crippen molar-refractivity contribution in [3.8, 4) is 17.2 Å². The summed E-state index contributed by atoms with van der Waals surface area (Å²) in [5.41, 5.74) is 1.10. The Morgan fingerprint density at radius 3 is 2.30 bits per heavy atom. The quantitative estimate of drug-likeness (QED) is 0.312. The van der Waals surface area contributed by atoms with E-state index in [2.05, 4.69) is 4.90 Å². The van der Waals surface area contributed by atoms with Crippen LogP contribution in [0.1, 0.15) is 31.0 Å². The van der Waals surface area contributed by atoms with Gasteiger partial charge in [-0.15, -0.1) is 0 Å². The van der Waals surface area contributed by atoms with E-state index < -0.39 is 17.7 Å². The lowest BCUT2D eigenvalue weighted by Gasteiger charge is -2.31. The maximum absolute atomic E-state index is 13.3. The van der Waals surface area contributed by atoms with Crippen LogP contribution in [0.25, 0.3) is 5.76 Å². The summed E-state index contributed by atoms with van der Waals surface area (Å²) in [7, 11) is 3.07. The van der Waals surface area contributed by atoms with Crippen molar-refractivity contribution in [2.45, 2.75) is 26.0 Å². The van der Waals surface area contributed by atoms with Crippen molar-refractivity contribution in [1.82, 2.24) is 9.80 Å². The SMILES string of the molecule is COc1ccc(C2/C(=C(\O)c3ccc(OC(C)C)cc3)C(=O)C(=O)N2CCN2CCOCC2)cc1OC. The molecular formula is C28H34N2O7. The number of aliphatic hydroxyl groups excluding tert-OH is 1. The van der Waals surface area contributed by atoms with E-state index in [0.29, 0.717) is 54.7 Å². The number of aliphatic hydroxyl groups is 1. The highest BCUT2D eigenvalue weighted by Crippen LogP contribution is 2.42. The third kappa shape index (κ3) is 5.73. The first-order chi connectivity index (χ1) is 17.8. The van der Waals surface area contributed by atoms with Crippen LogP contribution in [0.15, 0.2) is 48.0 Å². The van der Waals surface area contributed by atoms with Crippen LogP contribution in [0.2, 0.25) is 0 Å². The molecule has 37 heavy (non-hydrogen) atoms. The zero-order chi connectivity index (χ0) is 26.5. The van der Waals surface area contributed by atoms with Crippen molar-refractivity contribution >= 4 is 17.4 Å². The number of amides is 1. The topological polar surface area (TPSA) is 97.8 Å². The number of likely N-dealkylation sites (tertiary alicyclic amines) is 1. The van der Waals surface area contributed by atoms with E-state index in [-0.39, 0.29) is 17.4 Å². The summed E-state index contributed by atoms with van der Waals surface area (Å²) in [6.07, 6.45) is 0.00119. The fraction of sp³-hybridized carbons (Fsp3) is 0.429. The van der Waals surface area contributed by atoms with Gasteiger partial charge in [-0.2, -0.15) is 0 Å². The highest BCUT2D eigenvalue weighted by Gasteiger charge is 2.46. The van der Waals surface area contributed by atoms with Crippen molar-refractivity contribution < 1.29 is 33.6 Å². The predicted molar refractivity (Wildman–Crippen MR) is 138 cm³/mol. The Hall–Kier alpha value is -3.56. The van der Waals surface area contributed by atoms with E-state index >= 15 is 0 Å². The highest BCUT2D eigenvalue weighted by molar-refractivity contribution is 6.46. The van der Waals surface area contributed by atoms with E-state index in [1.54, 1.807) is 49.6 Å². The van der Waals surface area contributed by atoms with Crippen LogP contribution >= 0.6 is 0 Å². The lowest BCUT2D eigenvalue weighted by Crippen LogP contribution is -2.42. The molecule has 4 rings (SSSR count). The van der Waals surface area contributed by atoms with E-state index in [9.17, 15) is 14.7 Å². The molecule has 2 aromatic carbocycles. The van der Waals surface area contributed by atoms with Crippen molar-refractivity contribution in [2.75, 3.05) is 53.6 Å². The molecule has 1 atom stereocenters. The van der Waals surface area contributed by atoms with Gasteiger partial charge in [0.2, 0.25) is 0 Å². The molecular weight excluding hydrogens is 476 g/mol. The molecule has 9 nitrogen and oxygen atoms in total. The number of hydrogen-bond donors (Lipinski definition) is 1. The van der Waals surface area contributed by atoms with Crippen molar-refractivity contribution in [3.63, 3.8) is 0 Å². The summed E-state index contributed by atoms with van der Waals surface area (Å²) < 4.78 is 22.0. The molecule has 0 saturated carbocycles. The minimum Gasteiger partial charge on any atom is -0.507 e. The standard InChI is InChI=1S/C28H34N2O7/c1-18(2)37-21-8-5-19(6-9-21)26(31)24-25(20-7-10-22(34-3)23(17-20)35-4)30(28(33)27(24)32)12-11-29-13-15-36-16-14-29/h5-10,17-18,25,31H,11-16H2,1-4H3/b26-24+. The summed E-state index contributed by atoms with van der Waals surface area (Å²) in [5.74, 6) is 0.0411. The number of ketones is 1. The Labute approximate surface area is 217 Å². The number of methoxy groups -OCH3 is 2. The fourth-order valence-electron chi connectivity index (χ4n) is 4.67. The maximum Gasteiger partial charge on any atom is 0.295 e. The van der Waals surface area contributed by atoms with Gasteiger partial charge < -0.3 is 29.0 Å². The highest BCUT2D eigenvalue weighted by atomic mass is 16.5. The number of morpholine rings is 1. The number of rotatable bonds is 9. The molecule has 2 fully saturated rings. The van der Waals surface area contributed by atoms with Gasteiger partial charge in [0.15, 0.2) is 11.5 Å². The number of carbonyl (C=O) groups excluding carboxylic acids is 2. The number of hydrogen-bond acceptors (Lipinski definition) is 8. The maximum atomic E-state index is 13.3. The van der Waals surface area contributed by atoms with Crippen LogP contribution in [0.5, 0.6) is 17.2 Å². The molecule has 1 amide bonds. The Morgan fingerprint density at radius 2 is 1.68 bits per heavy atom. The molecule has 2 aliphatic rings. The molecule has 2 aliphatic heterocycles. The molecule has 2 heterocycles. The summed E-state index contributed by atoms with van der Waals surface area (Å²) in [6, 6.07) is 11.3. The first-order valence-corrected chi connectivity index (χ1v) is 12.4. The normalized spacial score (nSPS) is 19.9. The summed E-state index contributed by atoms with van der Waals surface area (Å²) in [4.78, 5) is 30.3. The Morgan fingerprint density at radius 1 is 1.00 bits per heavy atom. The van der Waals surface area contributed by atoms with E-state index in [1.807, 2.05) is 13.8 Å². The van der Waals surface area contributed by atoms with Crippen LogP contribution in [0.4, 0.5) is 0 Å². The fourth-order valence-corrected chi connectivity index (χ4v) is 4.67. The van der Waals surface area contributed by atoms with Crippen LogP contribution in [-0.4, -0.2) is 86.3 Å². The number of ether oxygens (including phenoxy) is 4. The molecule has 0 aliphatic carbocycles. The largest absolute Gasteiger partial charge is 0.507 e. The number of carbonyl (C=O) groups is 2. The molecule has 9 heteroatoms. The van der Waals surface area contributed by atoms with Gasteiger partial charge in [-0.25, -0.2) is 0 Å². The molecule has 2 aromatic rings. The van der Waals surface area contributed by atoms with Gasteiger partial charge in [-0.3, -0.25) is 14.5 Å². The molecule has 0 aromatic heterocycles. The van der Waals surface area contributed by atoms with Crippen molar-refractivity contribution in [1.29, 1.82) is 0 Å². The Balaban J connectivity index is 1.74. The van der Waals surface area contributed by atoms with Gasteiger partial charge in [0.25, 0.3) is 11.7 Å². The summed E-state index contributed by atoms with van der Waals surface area (Å²) in [6.45, 7) is 7.54.